The van der Waals surface area contributed by atoms with Crippen molar-refractivity contribution in [2.24, 2.45) is 0 Å². The van der Waals surface area contributed by atoms with Crippen LogP contribution in [0.15, 0.2) is 34.2 Å². The number of hydrogen-bond acceptors (Lipinski definition) is 6. The molecule has 7 nitrogen and oxygen atoms in total. The highest BCUT2D eigenvalue weighted by molar-refractivity contribution is 7.99. The van der Waals surface area contributed by atoms with Crippen LogP contribution in [0.1, 0.15) is 18.9 Å². The molecule has 0 bridgehead atoms. The summed E-state index contributed by atoms with van der Waals surface area (Å²) in [5.74, 6) is 1.19. The Morgan fingerprint density at radius 2 is 2.13 bits per heavy atom. The van der Waals surface area contributed by atoms with Crippen LogP contribution < -0.4 is 17.2 Å². The molecule has 1 aromatic carbocycles. The van der Waals surface area contributed by atoms with Gasteiger partial charge in [0.25, 0.3) is 0 Å². The van der Waals surface area contributed by atoms with Gasteiger partial charge in [-0.1, -0.05) is 30.8 Å². The number of benzene rings is 1. The van der Waals surface area contributed by atoms with E-state index in [4.69, 9.17) is 11.5 Å². The van der Waals surface area contributed by atoms with E-state index >= 15 is 0 Å². The zero-order valence-corrected chi connectivity index (χ0v) is 13.6. The fourth-order valence-corrected chi connectivity index (χ4v) is 3.01. The Hall–Kier alpha value is -2.48. The highest BCUT2D eigenvalue weighted by Gasteiger charge is 2.14. The first kappa shape index (κ1) is 15.4. The first-order chi connectivity index (χ1) is 11.1. The number of nitrogens with zero attached hydrogens (tertiary/aromatic N) is 3. The van der Waals surface area contributed by atoms with Gasteiger partial charge in [0, 0.05) is 11.4 Å². The molecule has 0 aliphatic carbocycles. The topological polar surface area (TPSA) is 116 Å². The van der Waals surface area contributed by atoms with E-state index in [0.717, 1.165) is 17.7 Å². The number of hydrogen-bond donors (Lipinski definition) is 3. The maximum atomic E-state index is 12.3. The van der Waals surface area contributed by atoms with E-state index in [1.54, 1.807) is 10.6 Å². The van der Waals surface area contributed by atoms with Crippen molar-refractivity contribution in [3.63, 3.8) is 0 Å². The number of aromatic amines is 1. The van der Waals surface area contributed by atoms with Gasteiger partial charge in [0.05, 0.1) is 6.54 Å². The zero-order chi connectivity index (χ0) is 16.4. The van der Waals surface area contributed by atoms with Crippen LogP contribution in [0.4, 0.5) is 11.5 Å². The van der Waals surface area contributed by atoms with Crippen LogP contribution in [0.3, 0.4) is 0 Å². The number of H-pyrrole nitrogens is 1. The average molecular weight is 330 g/mol. The average Bonchev–Trinajstić information content (AvgIpc) is 2.83. The van der Waals surface area contributed by atoms with Gasteiger partial charge in [-0.3, -0.25) is 4.57 Å². The molecular formula is C15H18N6OS. The highest BCUT2D eigenvalue weighted by Crippen LogP contribution is 2.21. The fraction of sp³-hybridized carbons (Fsp3) is 0.267. The molecule has 120 valence electrons. The van der Waals surface area contributed by atoms with Gasteiger partial charge in [0.2, 0.25) is 0 Å². The molecule has 0 radical (unpaired) electrons. The van der Waals surface area contributed by atoms with Gasteiger partial charge < -0.3 is 16.5 Å². The fourth-order valence-electron chi connectivity index (χ4n) is 2.31. The van der Waals surface area contributed by atoms with Crippen molar-refractivity contribution in [1.29, 1.82) is 0 Å². The second-order valence-electron chi connectivity index (χ2n) is 5.20. The Balaban J connectivity index is 2.06. The second kappa shape index (κ2) is 6.33. The smallest absolute Gasteiger partial charge is 0.328 e. The number of thioether (sulfide) groups is 1. The number of nitrogens with two attached hydrogens (primary N) is 2. The predicted molar refractivity (Wildman–Crippen MR) is 93.5 cm³/mol. The summed E-state index contributed by atoms with van der Waals surface area (Å²) in [6.07, 6.45) is 1.01. The summed E-state index contributed by atoms with van der Waals surface area (Å²) >= 11 is 1.52. The molecule has 23 heavy (non-hydrogen) atoms. The molecule has 0 saturated heterocycles. The Bertz CT molecular complexity index is 901. The van der Waals surface area contributed by atoms with Crippen molar-refractivity contribution in [2.75, 3.05) is 17.2 Å². The molecule has 0 unspecified atom stereocenters. The third-order valence-electron chi connectivity index (χ3n) is 3.36. The monoisotopic (exact) mass is 330 g/mol. The van der Waals surface area contributed by atoms with Crippen molar-refractivity contribution in [2.45, 2.75) is 25.0 Å². The first-order valence-corrected chi connectivity index (χ1v) is 8.30. The number of rotatable bonds is 5. The minimum absolute atomic E-state index is 0.263. The molecule has 2 aromatic heterocycles. The number of anilines is 2. The van der Waals surface area contributed by atoms with E-state index in [-0.39, 0.29) is 11.5 Å². The van der Waals surface area contributed by atoms with Crippen molar-refractivity contribution >= 4 is 34.4 Å². The van der Waals surface area contributed by atoms with Crippen LogP contribution in [-0.2, 0) is 6.54 Å². The zero-order valence-electron chi connectivity index (χ0n) is 12.7. The summed E-state index contributed by atoms with van der Waals surface area (Å²) in [5, 5.41) is 0.581. The molecule has 8 heteroatoms. The third kappa shape index (κ3) is 3.16. The number of fused-ring (bicyclic) bond motifs is 1. The summed E-state index contributed by atoms with van der Waals surface area (Å²) in [6.45, 7) is 2.46. The molecule has 0 amide bonds. The van der Waals surface area contributed by atoms with Gasteiger partial charge in [-0.25, -0.2) is 14.8 Å². The van der Waals surface area contributed by atoms with Crippen LogP contribution in [0.2, 0.25) is 0 Å². The van der Waals surface area contributed by atoms with E-state index < -0.39 is 0 Å². The van der Waals surface area contributed by atoms with E-state index in [0.29, 0.717) is 28.6 Å². The summed E-state index contributed by atoms with van der Waals surface area (Å²) < 4.78 is 1.55. The van der Waals surface area contributed by atoms with Gasteiger partial charge in [-0.15, -0.1) is 0 Å². The van der Waals surface area contributed by atoms with Gasteiger partial charge in [0.15, 0.2) is 16.6 Å². The lowest BCUT2D eigenvalue weighted by Gasteiger charge is -2.06. The minimum atomic E-state index is -0.263. The molecule has 0 aliphatic rings. The van der Waals surface area contributed by atoms with E-state index in [1.807, 2.05) is 18.2 Å². The lowest BCUT2D eigenvalue weighted by Crippen LogP contribution is -2.17. The summed E-state index contributed by atoms with van der Waals surface area (Å²) in [6, 6.07) is 7.42. The van der Waals surface area contributed by atoms with Crippen molar-refractivity contribution in [1.82, 2.24) is 19.5 Å². The van der Waals surface area contributed by atoms with Crippen LogP contribution in [0.25, 0.3) is 11.2 Å². The molecule has 0 saturated carbocycles. The predicted octanol–water partition coefficient (Wildman–Crippen LogP) is 1.83. The van der Waals surface area contributed by atoms with Gasteiger partial charge >= 0.3 is 5.69 Å². The van der Waals surface area contributed by atoms with E-state index in [9.17, 15) is 4.79 Å². The first-order valence-electron chi connectivity index (χ1n) is 7.31. The van der Waals surface area contributed by atoms with Crippen molar-refractivity contribution in [3.8, 4) is 0 Å². The van der Waals surface area contributed by atoms with E-state index in [2.05, 4.69) is 21.9 Å². The molecule has 3 aromatic rings. The second-order valence-corrected chi connectivity index (χ2v) is 6.26. The number of imidazole rings is 1. The number of aromatic nitrogens is 4. The van der Waals surface area contributed by atoms with Crippen molar-refractivity contribution in [3.05, 3.63) is 40.3 Å². The van der Waals surface area contributed by atoms with E-state index in [1.165, 1.54) is 11.8 Å². The standard InChI is InChI=1S/C15H18N6OS/c1-2-6-23-14-19-12(17)11-13(20-14)21(15(22)18-11)8-9-4-3-5-10(16)7-9/h3-5,7H,2,6,8,16H2,1H3,(H,18,22)(H2,17,19,20). The molecule has 2 heterocycles. The SMILES string of the molecule is CCCSc1nc(N)c2[nH]c(=O)n(Cc3cccc(N)c3)c2n1. The Labute approximate surface area is 137 Å². The van der Waals surface area contributed by atoms with Gasteiger partial charge in [0.1, 0.15) is 5.52 Å². The maximum Gasteiger partial charge on any atom is 0.328 e. The molecule has 3 rings (SSSR count). The van der Waals surface area contributed by atoms with Crippen molar-refractivity contribution < 1.29 is 0 Å². The summed E-state index contributed by atoms with van der Waals surface area (Å²) in [4.78, 5) is 23.7. The van der Waals surface area contributed by atoms with Crippen LogP contribution >= 0.6 is 11.8 Å². The largest absolute Gasteiger partial charge is 0.399 e. The molecule has 0 atom stereocenters. The van der Waals surface area contributed by atoms with Gasteiger partial charge in [-0.05, 0) is 24.1 Å². The Morgan fingerprint density at radius 3 is 2.87 bits per heavy atom. The molecule has 0 fully saturated rings. The summed E-state index contributed by atoms with van der Waals surface area (Å²) in [7, 11) is 0. The Kier molecular flexibility index (Phi) is 4.24. The lowest BCUT2D eigenvalue weighted by atomic mass is 10.2. The third-order valence-corrected chi connectivity index (χ3v) is 4.41. The Morgan fingerprint density at radius 1 is 1.30 bits per heavy atom. The highest BCUT2D eigenvalue weighted by atomic mass is 32.2. The number of nitrogens with one attached hydrogen (secondary N) is 1. The molecular weight excluding hydrogens is 312 g/mol. The quantitative estimate of drug-likeness (QED) is 0.373. The summed E-state index contributed by atoms with van der Waals surface area (Å²) in [5.41, 5.74) is 14.1. The normalized spacial score (nSPS) is 11.2. The molecule has 0 aliphatic heterocycles. The van der Waals surface area contributed by atoms with Crippen LogP contribution in [0, 0.1) is 0 Å². The van der Waals surface area contributed by atoms with Crippen LogP contribution in [0.5, 0.6) is 0 Å². The van der Waals surface area contributed by atoms with Gasteiger partial charge in [-0.2, -0.15) is 0 Å². The maximum absolute atomic E-state index is 12.3. The molecule has 0 spiro atoms. The minimum Gasteiger partial charge on any atom is -0.399 e. The number of nitrogen functional groups attached to an aromatic ring is 2. The molecule has 5 N–H and O–H groups in total. The lowest BCUT2D eigenvalue weighted by molar-refractivity contribution is 0.771. The van der Waals surface area contributed by atoms with Crippen LogP contribution in [-0.4, -0.2) is 25.3 Å².